The molecule has 0 aliphatic carbocycles. The highest BCUT2D eigenvalue weighted by atomic mass is 79.9. The quantitative estimate of drug-likeness (QED) is 0.635. The van der Waals surface area contributed by atoms with E-state index in [1.54, 1.807) is 11.8 Å². The van der Waals surface area contributed by atoms with Crippen LogP contribution in [0.4, 0.5) is 5.69 Å². The van der Waals surface area contributed by atoms with Crippen molar-refractivity contribution in [2.45, 2.75) is 10.6 Å². The Hall–Kier alpha value is -0.640. The van der Waals surface area contributed by atoms with Crippen LogP contribution < -0.4 is 5.73 Å². The number of halogens is 2. The lowest BCUT2D eigenvalue weighted by atomic mass is 10.2. The highest BCUT2D eigenvalue weighted by molar-refractivity contribution is 9.10. The molecule has 0 fully saturated rings. The standard InChI is InChI=1S/C13H11BrClNS/c14-10-2-1-3-11(7-10)17-8-9-4-5-12(15)13(16)6-9/h1-7H,8,16H2. The third-order valence-corrected chi connectivity index (χ3v) is 4.16. The van der Waals surface area contributed by atoms with Crippen LogP contribution in [0.2, 0.25) is 5.02 Å². The van der Waals surface area contributed by atoms with Crippen LogP contribution in [-0.2, 0) is 5.75 Å². The molecule has 0 spiro atoms. The summed E-state index contributed by atoms with van der Waals surface area (Å²) in [4.78, 5) is 1.23. The number of nitrogen functional groups attached to an aromatic ring is 1. The average molecular weight is 329 g/mol. The van der Waals surface area contributed by atoms with E-state index in [2.05, 4.69) is 28.1 Å². The molecule has 0 aliphatic rings. The lowest BCUT2D eigenvalue weighted by Crippen LogP contribution is -1.88. The summed E-state index contributed by atoms with van der Waals surface area (Å²) in [5.41, 5.74) is 7.58. The molecular formula is C13H11BrClNS. The molecule has 2 rings (SSSR count). The van der Waals surface area contributed by atoms with Crippen LogP contribution in [0.15, 0.2) is 51.8 Å². The van der Waals surface area contributed by atoms with Gasteiger partial charge in [0.25, 0.3) is 0 Å². The predicted octanol–water partition coefficient (Wildman–Crippen LogP) is 4.98. The Kier molecular flexibility index (Phi) is 4.37. The molecule has 0 bridgehead atoms. The topological polar surface area (TPSA) is 26.0 Å². The zero-order valence-corrected chi connectivity index (χ0v) is 12.1. The molecule has 17 heavy (non-hydrogen) atoms. The minimum Gasteiger partial charge on any atom is -0.398 e. The van der Waals surface area contributed by atoms with Gasteiger partial charge in [-0.05, 0) is 35.9 Å². The van der Waals surface area contributed by atoms with E-state index in [1.807, 2.05) is 30.3 Å². The van der Waals surface area contributed by atoms with E-state index in [9.17, 15) is 0 Å². The number of hydrogen-bond acceptors (Lipinski definition) is 2. The van der Waals surface area contributed by atoms with Crippen molar-refractivity contribution < 1.29 is 0 Å². The number of hydrogen-bond donors (Lipinski definition) is 1. The van der Waals surface area contributed by atoms with E-state index >= 15 is 0 Å². The van der Waals surface area contributed by atoms with Gasteiger partial charge in [-0.3, -0.25) is 0 Å². The SMILES string of the molecule is Nc1cc(CSc2cccc(Br)c2)ccc1Cl. The maximum Gasteiger partial charge on any atom is 0.0635 e. The maximum atomic E-state index is 5.88. The molecule has 2 aromatic carbocycles. The van der Waals surface area contributed by atoms with Crippen molar-refractivity contribution in [2.75, 3.05) is 5.73 Å². The molecule has 0 heterocycles. The molecule has 0 unspecified atom stereocenters. The highest BCUT2D eigenvalue weighted by Crippen LogP contribution is 2.27. The van der Waals surface area contributed by atoms with Gasteiger partial charge < -0.3 is 5.73 Å². The zero-order valence-electron chi connectivity index (χ0n) is 8.99. The van der Waals surface area contributed by atoms with Gasteiger partial charge in [-0.15, -0.1) is 11.8 Å². The second kappa shape index (κ2) is 5.80. The number of anilines is 1. The first-order chi connectivity index (χ1) is 8.15. The Morgan fingerprint density at radius 1 is 1.18 bits per heavy atom. The van der Waals surface area contributed by atoms with Crippen molar-refractivity contribution in [2.24, 2.45) is 0 Å². The van der Waals surface area contributed by atoms with Crippen molar-refractivity contribution in [3.8, 4) is 0 Å². The summed E-state index contributed by atoms with van der Waals surface area (Å²) in [7, 11) is 0. The number of nitrogens with two attached hydrogens (primary N) is 1. The molecule has 88 valence electrons. The molecule has 1 nitrogen and oxygen atoms in total. The molecule has 0 saturated heterocycles. The third-order valence-electron chi connectivity index (χ3n) is 2.26. The van der Waals surface area contributed by atoms with Gasteiger partial charge in [-0.1, -0.05) is 39.7 Å². The van der Waals surface area contributed by atoms with Crippen LogP contribution in [0, 0.1) is 0 Å². The van der Waals surface area contributed by atoms with E-state index in [1.165, 1.54) is 10.5 Å². The normalized spacial score (nSPS) is 10.5. The van der Waals surface area contributed by atoms with Crippen LogP contribution in [0.5, 0.6) is 0 Å². The average Bonchev–Trinajstić information content (AvgIpc) is 2.31. The van der Waals surface area contributed by atoms with E-state index in [4.69, 9.17) is 17.3 Å². The predicted molar refractivity (Wildman–Crippen MR) is 79.6 cm³/mol. The Morgan fingerprint density at radius 2 is 2.00 bits per heavy atom. The van der Waals surface area contributed by atoms with Crippen LogP contribution in [0.3, 0.4) is 0 Å². The van der Waals surface area contributed by atoms with Gasteiger partial charge >= 0.3 is 0 Å². The minimum atomic E-state index is 0.612. The van der Waals surface area contributed by atoms with E-state index in [0.29, 0.717) is 10.7 Å². The summed E-state index contributed by atoms with van der Waals surface area (Å²) in [6, 6.07) is 14.0. The summed E-state index contributed by atoms with van der Waals surface area (Å²) in [5, 5.41) is 0.612. The fourth-order valence-electron chi connectivity index (χ4n) is 1.41. The van der Waals surface area contributed by atoms with Crippen molar-refractivity contribution >= 4 is 45.0 Å². The lowest BCUT2D eigenvalue weighted by Gasteiger charge is -2.04. The van der Waals surface area contributed by atoms with E-state index in [-0.39, 0.29) is 0 Å². The van der Waals surface area contributed by atoms with Gasteiger partial charge in [-0.25, -0.2) is 0 Å². The van der Waals surface area contributed by atoms with E-state index in [0.717, 1.165) is 10.2 Å². The summed E-state index contributed by atoms with van der Waals surface area (Å²) in [6.45, 7) is 0. The van der Waals surface area contributed by atoms with Gasteiger partial charge in [0.15, 0.2) is 0 Å². The summed E-state index contributed by atoms with van der Waals surface area (Å²) >= 11 is 11.1. The third kappa shape index (κ3) is 3.66. The Labute approximate surface area is 118 Å². The first-order valence-corrected chi connectivity index (χ1v) is 7.23. The van der Waals surface area contributed by atoms with Crippen molar-refractivity contribution in [3.63, 3.8) is 0 Å². The molecule has 2 aromatic rings. The Bertz CT molecular complexity index is 531. The summed E-state index contributed by atoms with van der Waals surface area (Å²) in [5.74, 6) is 0.887. The first kappa shape index (κ1) is 12.8. The van der Waals surface area contributed by atoms with Gasteiger partial charge in [0, 0.05) is 15.1 Å². The molecule has 2 N–H and O–H groups in total. The fraction of sp³-hybridized carbons (Fsp3) is 0.0769. The van der Waals surface area contributed by atoms with Crippen molar-refractivity contribution in [1.82, 2.24) is 0 Å². The number of thioether (sulfide) groups is 1. The van der Waals surface area contributed by atoms with Crippen molar-refractivity contribution in [1.29, 1.82) is 0 Å². The highest BCUT2D eigenvalue weighted by Gasteiger charge is 2.00. The molecule has 0 radical (unpaired) electrons. The fourth-order valence-corrected chi connectivity index (χ4v) is 2.97. The minimum absolute atomic E-state index is 0.612. The van der Waals surface area contributed by atoms with Gasteiger partial charge in [0.05, 0.1) is 10.7 Å². The smallest absolute Gasteiger partial charge is 0.0635 e. The monoisotopic (exact) mass is 327 g/mol. The molecule has 4 heteroatoms. The summed E-state index contributed by atoms with van der Waals surface area (Å²) in [6.07, 6.45) is 0. The van der Waals surface area contributed by atoms with Gasteiger partial charge in [0.2, 0.25) is 0 Å². The van der Waals surface area contributed by atoms with Crippen LogP contribution in [0.1, 0.15) is 5.56 Å². The van der Waals surface area contributed by atoms with Crippen LogP contribution in [0.25, 0.3) is 0 Å². The second-order valence-corrected chi connectivity index (χ2v) is 5.97. The largest absolute Gasteiger partial charge is 0.398 e. The Morgan fingerprint density at radius 3 is 2.71 bits per heavy atom. The molecule has 0 amide bonds. The second-order valence-electron chi connectivity index (χ2n) is 3.60. The summed E-state index contributed by atoms with van der Waals surface area (Å²) < 4.78 is 1.10. The maximum absolute atomic E-state index is 5.88. The van der Waals surface area contributed by atoms with Crippen LogP contribution in [-0.4, -0.2) is 0 Å². The van der Waals surface area contributed by atoms with Gasteiger partial charge in [-0.2, -0.15) is 0 Å². The Balaban J connectivity index is 2.05. The molecule has 0 aromatic heterocycles. The first-order valence-electron chi connectivity index (χ1n) is 5.07. The van der Waals surface area contributed by atoms with Crippen molar-refractivity contribution in [3.05, 3.63) is 57.5 Å². The molecular weight excluding hydrogens is 318 g/mol. The van der Waals surface area contributed by atoms with Gasteiger partial charge in [0.1, 0.15) is 0 Å². The number of benzene rings is 2. The molecule has 0 aliphatic heterocycles. The van der Waals surface area contributed by atoms with E-state index < -0.39 is 0 Å². The van der Waals surface area contributed by atoms with Crippen LogP contribution >= 0.6 is 39.3 Å². The lowest BCUT2D eigenvalue weighted by molar-refractivity contribution is 1.37. The molecule has 0 atom stereocenters. The molecule has 0 saturated carbocycles. The number of rotatable bonds is 3. The zero-order chi connectivity index (χ0) is 12.3.